The van der Waals surface area contributed by atoms with Crippen LogP contribution in [0.3, 0.4) is 0 Å². The van der Waals surface area contributed by atoms with Crippen LogP contribution in [0.5, 0.6) is 11.5 Å². The molecule has 0 aliphatic carbocycles. The highest BCUT2D eigenvalue weighted by Crippen LogP contribution is 2.36. The highest BCUT2D eigenvalue weighted by molar-refractivity contribution is 6.31. The molecule has 0 saturated heterocycles. The van der Waals surface area contributed by atoms with Crippen molar-refractivity contribution in [2.75, 3.05) is 45.0 Å². The fraction of sp³-hybridized carbons (Fsp3) is 0.300. The molecule has 0 aliphatic heterocycles. The Bertz CT molecular complexity index is 954. The molecule has 0 aromatic heterocycles. The third-order valence-corrected chi connectivity index (χ3v) is 4.39. The van der Waals surface area contributed by atoms with Gasteiger partial charge in [0.1, 0.15) is 11.5 Å². The molecule has 0 atom stereocenters. The first-order valence-corrected chi connectivity index (χ1v) is 9.28. The molecule has 2 rings (SSSR count). The van der Waals surface area contributed by atoms with Crippen molar-refractivity contribution in [3.8, 4) is 11.5 Å². The summed E-state index contributed by atoms with van der Waals surface area (Å²) in [5.41, 5.74) is -0.678. The molecule has 11 heteroatoms. The maximum Gasteiger partial charge on any atom is 0.417 e. The fourth-order valence-electron chi connectivity index (χ4n) is 2.66. The summed E-state index contributed by atoms with van der Waals surface area (Å²) in [5.74, 6) is -0.0480. The summed E-state index contributed by atoms with van der Waals surface area (Å²) >= 11 is 5.56. The normalized spacial score (nSPS) is 11.2. The molecule has 0 bridgehead atoms. The average Bonchev–Trinajstić information content (AvgIpc) is 2.68. The number of benzene rings is 2. The highest BCUT2D eigenvalue weighted by atomic mass is 35.5. The van der Waals surface area contributed by atoms with Crippen molar-refractivity contribution in [3.05, 3.63) is 47.0 Å². The van der Waals surface area contributed by atoms with Gasteiger partial charge in [0, 0.05) is 11.8 Å². The van der Waals surface area contributed by atoms with E-state index in [1.54, 1.807) is 18.2 Å². The quantitative estimate of drug-likeness (QED) is 0.626. The first-order valence-electron chi connectivity index (χ1n) is 8.90. The van der Waals surface area contributed by atoms with Crippen molar-refractivity contribution in [2.45, 2.75) is 6.18 Å². The van der Waals surface area contributed by atoms with E-state index in [1.807, 2.05) is 0 Å². The Kier molecular flexibility index (Phi) is 8.12. The first-order chi connectivity index (χ1) is 14.5. The second kappa shape index (κ2) is 10.4. The van der Waals surface area contributed by atoms with E-state index in [-0.39, 0.29) is 18.8 Å². The Labute approximate surface area is 182 Å². The van der Waals surface area contributed by atoms with Crippen LogP contribution >= 0.6 is 11.6 Å². The van der Waals surface area contributed by atoms with Gasteiger partial charge < -0.3 is 20.1 Å². The number of anilines is 2. The van der Waals surface area contributed by atoms with Crippen LogP contribution in [0.25, 0.3) is 0 Å². The van der Waals surface area contributed by atoms with Crippen LogP contribution in [0.15, 0.2) is 36.4 Å². The lowest BCUT2D eigenvalue weighted by atomic mass is 10.2. The lowest BCUT2D eigenvalue weighted by Gasteiger charge is -2.17. The number of likely N-dealkylation sites (N-methyl/N-ethyl adjacent to an activating group) is 1. The van der Waals surface area contributed by atoms with Gasteiger partial charge in [-0.2, -0.15) is 13.2 Å². The molecule has 0 aliphatic rings. The number of carbonyl (C=O) groups excluding carboxylic acids is 2. The van der Waals surface area contributed by atoms with Crippen LogP contribution in [0, 0.1) is 0 Å². The van der Waals surface area contributed by atoms with Crippen molar-refractivity contribution < 1.29 is 32.2 Å². The van der Waals surface area contributed by atoms with Crippen molar-refractivity contribution in [3.63, 3.8) is 0 Å². The third-order valence-electron chi connectivity index (χ3n) is 4.07. The molecule has 0 radical (unpaired) electrons. The molecule has 2 aromatic rings. The van der Waals surface area contributed by atoms with Gasteiger partial charge in [-0.15, -0.1) is 0 Å². The minimum atomic E-state index is -4.64. The Morgan fingerprint density at radius 3 is 2.23 bits per heavy atom. The Morgan fingerprint density at radius 1 is 1.00 bits per heavy atom. The standard InChI is InChI=1S/C20H21ClF3N3O4/c1-27(11-19(29)26-16-7-5-13(30-2)9-17(16)31-3)10-18(28)25-12-4-6-15(21)14(8-12)20(22,23)24/h4-9H,10-11H2,1-3H3,(H,25,28)(H,26,29). The molecule has 0 unspecified atom stereocenters. The van der Waals surface area contributed by atoms with Gasteiger partial charge in [-0.1, -0.05) is 11.6 Å². The predicted molar refractivity (Wildman–Crippen MR) is 111 cm³/mol. The number of ether oxygens (including phenoxy) is 2. The lowest BCUT2D eigenvalue weighted by Crippen LogP contribution is -2.36. The average molecular weight is 460 g/mol. The van der Waals surface area contributed by atoms with Crippen LogP contribution in [0.1, 0.15) is 5.56 Å². The summed E-state index contributed by atoms with van der Waals surface area (Å²) < 4.78 is 49.1. The van der Waals surface area contributed by atoms with E-state index in [1.165, 1.54) is 32.2 Å². The number of hydrogen-bond acceptors (Lipinski definition) is 5. The molecule has 0 heterocycles. The van der Waals surface area contributed by atoms with Crippen LogP contribution in [0.2, 0.25) is 5.02 Å². The van der Waals surface area contributed by atoms with Crippen molar-refractivity contribution in [1.82, 2.24) is 4.90 Å². The maximum atomic E-state index is 12.9. The van der Waals surface area contributed by atoms with Gasteiger partial charge in [0.05, 0.1) is 43.6 Å². The molecule has 0 fully saturated rings. The molecule has 2 aromatic carbocycles. The zero-order valence-electron chi connectivity index (χ0n) is 17.0. The molecule has 2 amide bonds. The van der Waals surface area contributed by atoms with E-state index in [2.05, 4.69) is 10.6 Å². The monoisotopic (exact) mass is 459 g/mol. The van der Waals surface area contributed by atoms with Crippen molar-refractivity contribution in [1.29, 1.82) is 0 Å². The molecule has 2 N–H and O–H groups in total. The fourth-order valence-corrected chi connectivity index (χ4v) is 2.88. The Balaban J connectivity index is 1.93. The van der Waals surface area contributed by atoms with E-state index in [0.717, 1.165) is 12.1 Å². The van der Waals surface area contributed by atoms with E-state index in [4.69, 9.17) is 21.1 Å². The minimum absolute atomic E-state index is 0.0532. The first kappa shape index (κ1) is 24.3. The van der Waals surface area contributed by atoms with Crippen LogP contribution in [-0.4, -0.2) is 51.1 Å². The zero-order chi connectivity index (χ0) is 23.2. The van der Waals surface area contributed by atoms with Gasteiger partial charge in [-0.05, 0) is 37.4 Å². The van der Waals surface area contributed by atoms with Crippen LogP contribution in [0.4, 0.5) is 24.5 Å². The summed E-state index contributed by atoms with van der Waals surface area (Å²) in [4.78, 5) is 25.8. The molecule has 7 nitrogen and oxygen atoms in total. The predicted octanol–water partition coefficient (Wildman–Crippen LogP) is 3.89. The summed E-state index contributed by atoms with van der Waals surface area (Å²) in [6.45, 7) is -0.367. The van der Waals surface area contributed by atoms with Gasteiger partial charge >= 0.3 is 6.18 Å². The minimum Gasteiger partial charge on any atom is -0.497 e. The number of carbonyl (C=O) groups is 2. The number of halogens is 4. The van der Waals surface area contributed by atoms with Crippen LogP contribution < -0.4 is 20.1 Å². The second-order valence-electron chi connectivity index (χ2n) is 6.53. The van der Waals surface area contributed by atoms with Gasteiger partial charge in [-0.3, -0.25) is 14.5 Å². The van der Waals surface area contributed by atoms with E-state index >= 15 is 0 Å². The van der Waals surface area contributed by atoms with Crippen molar-refractivity contribution in [2.24, 2.45) is 0 Å². The third kappa shape index (κ3) is 7.04. The highest BCUT2D eigenvalue weighted by Gasteiger charge is 2.33. The number of alkyl halides is 3. The summed E-state index contributed by atoms with van der Waals surface area (Å²) in [6, 6.07) is 7.94. The Hall–Kier alpha value is -2.98. The van der Waals surface area contributed by atoms with Gasteiger partial charge in [0.2, 0.25) is 11.8 Å². The van der Waals surface area contributed by atoms with Gasteiger partial charge in [0.15, 0.2) is 0 Å². The molecule has 168 valence electrons. The smallest absolute Gasteiger partial charge is 0.417 e. The molecular formula is C20H21ClF3N3O4. The van der Waals surface area contributed by atoms with Gasteiger partial charge in [0.25, 0.3) is 0 Å². The number of nitrogens with one attached hydrogen (secondary N) is 2. The van der Waals surface area contributed by atoms with E-state index < -0.39 is 28.6 Å². The number of methoxy groups -OCH3 is 2. The summed E-state index contributed by atoms with van der Waals surface area (Å²) in [7, 11) is 4.47. The molecule has 0 spiro atoms. The van der Waals surface area contributed by atoms with Crippen molar-refractivity contribution >= 4 is 34.8 Å². The number of nitrogens with zero attached hydrogens (tertiary/aromatic N) is 1. The number of hydrogen-bond donors (Lipinski definition) is 2. The summed E-state index contributed by atoms with van der Waals surface area (Å²) in [5, 5.41) is 4.56. The summed E-state index contributed by atoms with van der Waals surface area (Å²) in [6.07, 6.45) is -4.64. The lowest BCUT2D eigenvalue weighted by molar-refractivity contribution is -0.137. The zero-order valence-corrected chi connectivity index (χ0v) is 17.7. The largest absolute Gasteiger partial charge is 0.497 e. The number of amides is 2. The van der Waals surface area contributed by atoms with E-state index in [9.17, 15) is 22.8 Å². The van der Waals surface area contributed by atoms with E-state index in [0.29, 0.717) is 17.2 Å². The maximum absolute atomic E-state index is 12.9. The molecular weight excluding hydrogens is 439 g/mol. The molecule has 31 heavy (non-hydrogen) atoms. The topological polar surface area (TPSA) is 79.9 Å². The Morgan fingerprint density at radius 2 is 1.65 bits per heavy atom. The number of rotatable bonds is 8. The second-order valence-corrected chi connectivity index (χ2v) is 6.93. The van der Waals surface area contributed by atoms with Crippen LogP contribution in [-0.2, 0) is 15.8 Å². The van der Waals surface area contributed by atoms with Gasteiger partial charge in [-0.25, -0.2) is 0 Å². The molecule has 0 saturated carbocycles. The SMILES string of the molecule is COc1ccc(NC(=O)CN(C)CC(=O)Nc2ccc(Cl)c(C(F)(F)F)c2)c(OC)c1.